The number of thioether (sulfide) groups is 1. The highest BCUT2D eigenvalue weighted by molar-refractivity contribution is 7.99. The molecule has 0 amide bonds. The summed E-state index contributed by atoms with van der Waals surface area (Å²) in [7, 11) is -3.77. The van der Waals surface area contributed by atoms with Crippen LogP contribution in [0.3, 0.4) is 0 Å². The standard InChI is InChI=1S/C8H11N3O4S2/c12-8(13)7-5-16-2-1-11(7)17(14,15)6-3-9-10-4-6/h3-4,7H,1-2,5H2,(H,9,10)(H,12,13). The van der Waals surface area contributed by atoms with Gasteiger partial charge in [0, 0.05) is 24.2 Å². The van der Waals surface area contributed by atoms with Crippen LogP contribution in [0.4, 0.5) is 0 Å². The Morgan fingerprint density at radius 1 is 1.65 bits per heavy atom. The van der Waals surface area contributed by atoms with E-state index in [0.29, 0.717) is 5.75 Å². The monoisotopic (exact) mass is 277 g/mol. The second-order valence-corrected chi connectivity index (χ2v) is 6.52. The Morgan fingerprint density at radius 2 is 2.41 bits per heavy atom. The third-order valence-corrected chi connectivity index (χ3v) is 5.34. The third-order valence-electron chi connectivity index (χ3n) is 2.44. The topological polar surface area (TPSA) is 103 Å². The summed E-state index contributed by atoms with van der Waals surface area (Å²) >= 11 is 1.44. The Bertz CT molecular complexity index is 499. The minimum atomic E-state index is -3.77. The second-order valence-electron chi connectivity index (χ2n) is 3.48. The summed E-state index contributed by atoms with van der Waals surface area (Å²) in [4.78, 5) is 11.0. The van der Waals surface area contributed by atoms with Crippen LogP contribution in [0, 0.1) is 0 Å². The summed E-state index contributed by atoms with van der Waals surface area (Å²) in [6, 6.07) is -1.01. The lowest BCUT2D eigenvalue weighted by atomic mass is 10.3. The van der Waals surface area contributed by atoms with E-state index in [4.69, 9.17) is 5.11 Å². The van der Waals surface area contributed by atoms with Crippen molar-refractivity contribution in [1.29, 1.82) is 0 Å². The van der Waals surface area contributed by atoms with Gasteiger partial charge in [0.05, 0.1) is 6.20 Å². The van der Waals surface area contributed by atoms with Crippen molar-refractivity contribution in [2.75, 3.05) is 18.1 Å². The van der Waals surface area contributed by atoms with Crippen molar-refractivity contribution in [2.24, 2.45) is 0 Å². The van der Waals surface area contributed by atoms with Crippen molar-refractivity contribution < 1.29 is 18.3 Å². The van der Waals surface area contributed by atoms with E-state index >= 15 is 0 Å². The number of hydrogen-bond donors (Lipinski definition) is 2. The smallest absolute Gasteiger partial charge is 0.322 e. The fourth-order valence-electron chi connectivity index (χ4n) is 1.59. The van der Waals surface area contributed by atoms with Gasteiger partial charge in [0.2, 0.25) is 10.0 Å². The zero-order valence-electron chi connectivity index (χ0n) is 8.74. The largest absolute Gasteiger partial charge is 0.480 e. The van der Waals surface area contributed by atoms with Crippen LogP contribution in [0.1, 0.15) is 0 Å². The average Bonchev–Trinajstić information content (AvgIpc) is 2.83. The zero-order valence-corrected chi connectivity index (χ0v) is 10.4. The van der Waals surface area contributed by atoms with E-state index in [-0.39, 0.29) is 17.2 Å². The number of aromatic nitrogens is 2. The van der Waals surface area contributed by atoms with Gasteiger partial charge in [0.25, 0.3) is 0 Å². The minimum absolute atomic E-state index is 0.00403. The number of nitrogens with one attached hydrogen (secondary N) is 1. The Hall–Kier alpha value is -1.06. The molecule has 1 aliphatic rings. The fraction of sp³-hybridized carbons (Fsp3) is 0.500. The van der Waals surface area contributed by atoms with Gasteiger partial charge in [-0.25, -0.2) is 8.42 Å². The number of sulfonamides is 1. The van der Waals surface area contributed by atoms with E-state index < -0.39 is 22.0 Å². The molecule has 0 aliphatic carbocycles. The van der Waals surface area contributed by atoms with Crippen molar-refractivity contribution in [1.82, 2.24) is 14.5 Å². The molecule has 1 aliphatic heterocycles. The molecule has 94 valence electrons. The molecule has 7 nitrogen and oxygen atoms in total. The van der Waals surface area contributed by atoms with Crippen molar-refractivity contribution in [2.45, 2.75) is 10.9 Å². The molecular formula is C8H11N3O4S2. The molecule has 1 fully saturated rings. The maximum atomic E-state index is 12.2. The van der Waals surface area contributed by atoms with E-state index in [0.717, 1.165) is 4.31 Å². The average molecular weight is 277 g/mol. The first-order valence-corrected chi connectivity index (χ1v) is 7.44. The summed E-state index contributed by atoms with van der Waals surface area (Å²) in [5, 5.41) is 15.0. The number of carboxylic acid groups (broad SMARTS) is 1. The molecule has 1 aromatic heterocycles. The molecule has 2 N–H and O–H groups in total. The molecule has 1 saturated heterocycles. The van der Waals surface area contributed by atoms with Crippen molar-refractivity contribution >= 4 is 27.8 Å². The van der Waals surface area contributed by atoms with Crippen LogP contribution in [-0.4, -0.2) is 58.1 Å². The maximum absolute atomic E-state index is 12.2. The van der Waals surface area contributed by atoms with E-state index in [2.05, 4.69) is 10.2 Å². The van der Waals surface area contributed by atoms with Crippen LogP contribution in [0.15, 0.2) is 17.3 Å². The summed E-state index contributed by atoms with van der Waals surface area (Å²) in [6.45, 7) is 0.204. The number of carbonyl (C=O) groups is 1. The normalized spacial score (nSPS) is 22.5. The summed E-state index contributed by atoms with van der Waals surface area (Å²) in [5.41, 5.74) is 0. The van der Waals surface area contributed by atoms with Gasteiger partial charge in [-0.15, -0.1) is 0 Å². The van der Waals surface area contributed by atoms with Gasteiger partial charge >= 0.3 is 5.97 Å². The lowest BCUT2D eigenvalue weighted by Crippen LogP contribution is -2.50. The maximum Gasteiger partial charge on any atom is 0.322 e. The van der Waals surface area contributed by atoms with Gasteiger partial charge in [-0.1, -0.05) is 0 Å². The van der Waals surface area contributed by atoms with Crippen molar-refractivity contribution in [3.63, 3.8) is 0 Å². The van der Waals surface area contributed by atoms with Crippen LogP contribution in [-0.2, 0) is 14.8 Å². The predicted molar refractivity (Wildman–Crippen MR) is 61.2 cm³/mol. The highest BCUT2D eigenvalue weighted by Gasteiger charge is 2.38. The van der Waals surface area contributed by atoms with Gasteiger partial charge < -0.3 is 5.11 Å². The first kappa shape index (κ1) is 12.4. The van der Waals surface area contributed by atoms with Crippen molar-refractivity contribution in [3.05, 3.63) is 12.4 Å². The quantitative estimate of drug-likeness (QED) is 0.779. The minimum Gasteiger partial charge on any atom is -0.480 e. The zero-order chi connectivity index (χ0) is 12.5. The lowest BCUT2D eigenvalue weighted by molar-refractivity contribution is -0.140. The van der Waals surface area contributed by atoms with Crippen molar-refractivity contribution in [3.8, 4) is 0 Å². The van der Waals surface area contributed by atoms with Crippen LogP contribution in [0.25, 0.3) is 0 Å². The molecule has 0 spiro atoms. The highest BCUT2D eigenvalue weighted by atomic mass is 32.2. The summed E-state index contributed by atoms with van der Waals surface area (Å²) in [6.07, 6.45) is 2.42. The van der Waals surface area contributed by atoms with E-state index in [1.165, 1.54) is 24.2 Å². The SMILES string of the molecule is O=C(O)C1CSCCN1S(=O)(=O)c1cn[nH]c1. The predicted octanol–water partition coefficient (Wildman–Crippen LogP) is -0.400. The van der Waals surface area contributed by atoms with Crippen LogP contribution in [0.5, 0.6) is 0 Å². The molecular weight excluding hydrogens is 266 g/mol. The fourth-order valence-corrected chi connectivity index (χ4v) is 4.32. The number of carboxylic acids is 1. The Morgan fingerprint density at radius 3 is 3.00 bits per heavy atom. The first-order valence-electron chi connectivity index (χ1n) is 4.84. The molecule has 2 heterocycles. The number of rotatable bonds is 3. The summed E-state index contributed by atoms with van der Waals surface area (Å²) in [5.74, 6) is -0.253. The van der Waals surface area contributed by atoms with Gasteiger partial charge in [-0.2, -0.15) is 21.2 Å². The van der Waals surface area contributed by atoms with E-state index in [9.17, 15) is 13.2 Å². The third kappa shape index (κ3) is 2.31. The first-order chi connectivity index (χ1) is 8.03. The molecule has 1 aromatic rings. The molecule has 0 bridgehead atoms. The van der Waals surface area contributed by atoms with Gasteiger partial charge in [0.15, 0.2) is 0 Å². The second kappa shape index (κ2) is 4.67. The van der Waals surface area contributed by atoms with Gasteiger partial charge in [-0.05, 0) is 0 Å². The highest BCUT2D eigenvalue weighted by Crippen LogP contribution is 2.24. The number of aliphatic carboxylic acids is 1. The Labute approximate surface area is 102 Å². The molecule has 2 rings (SSSR count). The van der Waals surface area contributed by atoms with E-state index in [1.807, 2.05) is 0 Å². The number of hydrogen-bond acceptors (Lipinski definition) is 5. The molecule has 17 heavy (non-hydrogen) atoms. The van der Waals surface area contributed by atoms with Crippen LogP contribution < -0.4 is 0 Å². The Kier molecular flexibility index (Phi) is 3.40. The van der Waals surface area contributed by atoms with Gasteiger partial charge in [0.1, 0.15) is 10.9 Å². The van der Waals surface area contributed by atoms with Crippen LogP contribution in [0.2, 0.25) is 0 Å². The molecule has 1 atom stereocenters. The van der Waals surface area contributed by atoms with E-state index in [1.54, 1.807) is 0 Å². The Balaban J connectivity index is 2.34. The molecule has 0 radical (unpaired) electrons. The molecule has 0 saturated carbocycles. The molecule has 9 heteroatoms. The number of nitrogens with zero attached hydrogens (tertiary/aromatic N) is 2. The van der Waals surface area contributed by atoms with Gasteiger partial charge in [-0.3, -0.25) is 9.89 Å². The molecule has 0 aromatic carbocycles. The number of aromatic amines is 1. The lowest BCUT2D eigenvalue weighted by Gasteiger charge is -2.30. The number of H-pyrrole nitrogens is 1. The van der Waals surface area contributed by atoms with Crippen LogP contribution >= 0.6 is 11.8 Å². The summed E-state index contributed by atoms with van der Waals surface area (Å²) < 4.78 is 25.3. The molecule has 1 unspecified atom stereocenters.